The minimum atomic E-state index is -4.81. The number of anilines is 1. The Kier molecular flexibility index (Phi) is 7.72. The lowest BCUT2D eigenvalue weighted by Gasteiger charge is -2.17. The molecule has 0 saturated heterocycles. The lowest BCUT2D eigenvalue weighted by atomic mass is 10.1. The van der Waals surface area contributed by atoms with E-state index < -0.39 is 58.0 Å². The van der Waals surface area contributed by atoms with Gasteiger partial charge >= 0.3 is 18.3 Å². The molecule has 2 aromatic carbocycles. The van der Waals surface area contributed by atoms with Gasteiger partial charge in [-0.05, 0) is 36.8 Å². The van der Waals surface area contributed by atoms with Crippen LogP contribution < -0.4 is 14.2 Å². The van der Waals surface area contributed by atoms with Gasteiger partial charge in [0, 0.05) is 6.07 Å². The third-order valence-corrected chi connectivity index (χ3v) is 5.29. The number of halogens is 6. The minimum absolute atomic E-state index is 0.0309. The fraction of sp³-hybridized carbons (Fsp3) is 0.316. The lowest BCUT2D eigenvalue weighted by molar-refractivity contribution is -0.154. The Balaban J connectivity index is 2.47. The van der Waals surface area contributed by atoms with Crippen LogP contribution in [0.1, 0.15) is 15.9 Å². The topological polar surface area (TPSA) is 90.9 Å². The smallest absolute Gasteiger partial charge is 0.422 e. The van der Waals surface area contributed by atoms with E-state index >= 15 is 0 Å². The molecule has 0 fully saturated rings. The van der Waals surface area contributed by atoms with Gasteiger partial charge in [-0.3, -0.25) is 4.72 Å². The molecule has 0 aliphatic carbocycles. The monoisotopic (exact) mass is 501 g/mol. The number of hydrogen-bond acceptors (Lipinski definition) is 6. The molecule has 7 nitrogen and oxygen atoms in total. The number of aryl methyl sites for hydroxylation is 1. The normalized spacial score (nSPS) is 12.2. The van der Waals surface area contributed by atoms with Crippen molar-refractivity contribution in [2.24, 2.45) is 0 Å². The summed E-state index contributed by atoms with van der Waals surface area (Å²) in [6.45, 7) is -2.14. The zero-order valence-corrected chi connectivity index (χ0v) is 17.8. The van der Waals surface area contributed by atoms with Crippen LogP contribution in [0.4, 0.5) is 32.0 Å². The Morgan fingerprint density at radius 1 is 0.939 bits per heavy atom. The summed E-state index contributed by atoms with van der Waals surface area (Å²) in [7, 11) is -3.62. The predicted molar refractivity (Wildman–Crippen MR) is 103 cm³/mol. The summed E-state index contributed by atoms with van der Waals surface area (Å²) in [5.74, 6) is -2.14. The van der Waals surface area contributed by atoms with Crippen molar-refractivity contribution in [1.82, 2.24) is 0 Å². The molecule has 0 aromatic heterocycles. The molecule has 0 radical (unpaired) electrons. The third-order valence-electron chi connectivity index (χ3n) is 3.90. The fourth-order valence-electron chi connectivity index (χ4n) is 2.41. The summed E-state index contributed by atoms with van der Waals surface area (Å²) in [6.07, 6.45) is -9.56. The number of hydrogen-bond donors (Lipinski definition) is 1. The van der Waals surface area contributed by atoms with Crippen LogP contribution in [0.2, 0.25) is 0 Å². The van der Waals surface area contributed by atoms with Crippen LogP contribution >= 0.6 is 0 Å². The van der Waals surface area contributed by atoms with Gasteiger partial charge in [-0.2, -0.15) is 26.3 Å². The van der Waals surface area contributed by atoms with Crippen molar-refractivity contribution in [3.05, 3.63) is 47.5 Å². The van der Waals surface area contributed by atoms with E-state index in [1.165, 1.54) is 19.1 Å². The number of sulfonamides is 1. The Bertz CT molecular complexity index is 1110. The number of methoxy groups -OCH3 is 1. The first kappa shape index (κ1) is 26.1. The van der Waals surface area contributed by atoms with Crippen LogP contribution in [0.15, 0.2) is 41.3 Å². The molecule has 0 atom stereocenters. The highest BCUT2D eigenvalue weighted by molar-refractivity contribution is 7.92. The van der Waals surface area contributed by atoms with Gasteiger partial charge in [0.05, 0.1) is 18.4 Å². The summed E-state index contributed by atoms with van der Waals surface area (Å²) in [5, 5.41) is 0. The highest BCUT2D eigenvalue weighted by Gasteiger charge is 2.32. The van der Waals surface area contributed by atoms with E-state index in [-0.39, 0.29) is 11.3 Å². The standard InChI is InChI=1S/C19H17F6NO6S/c1-11-3-4-12(17(27)30-2)7-14(11)26-33(28,29)16-8-13(31-9-18(20,21)22)5-6-15(16)32-10-19(23,24)25/h3-8,26H,9-10H2,1-2H3. The lowest BCUT2D eigenvalue weighted by Crippen LogP contribution is -2.22. The maximum absolute atomic E-state index is 12.9. The van der Waals surface area contributed by atoms with Crippen LogP contribution in [-0.4, -0.2) is 47.1 Å². The molecule has 0 spiro atoms. The van der Waals surface area contributed by atoms with E-state index in [1.54, 1.807) is 0 Å². The first-order chi connectivity index (χ1) is 15.1. The molecule has 14 heteroatoms. The molecule has 1 N–H and O–H groups in total. The Hall–Kier alpha value is -3.16. The Morgan fingerprint density at radius 3 is 2.12 bits per heavy atom. The molecule has 2 rings (SSSR count). The van der Waals surface area contributed by atoms with E-state index in [0.717, 1.165) is 25.3 Å². The molecule has 0 aliphatic heterocycles. The maximum atomic E-state index is 12.9. The van der Waals surface area contributed by atoms with Gasteiger partial charge in [-0.25, -0.2) is 13.2 Å². The molecule has 0 aliphatic rings. The second-order valence-electron chi connectivity index (χ2n) is 6.54. The van der Waals surface area contributed by atoms with Crippen molar-refractivity contribution in [2.75, 3.05) is 25.0 Å². The molecule has 0 unspecified atom stereocenters. The summed E-state index contributed by atoms with van der Waals surface area (Å²) in [5.41, 5.74) is 0.173. The number of rotatable bonds is 8. The third kappa shape index (κ3) is 7.73. The van der Waals surface area contributed by atoms with Crippen LogP contribution in [0.25, 0.3) is 0 Å². The number of carbonyl (C=O) groups excluding carboxylic acids is 1. The highest BCUT2D eigenvalue weighted by Crippen LogP contribution is 2.33. The Labute approximate surface area is 184 Å². The molecule has 2 aromatic rings. The van der Waals surface area contributed by atoms with Gasteiger partial charge in [-0.1, -0.05) is 6.07 Å². The number of benzene rings is 2. The van der Waals surface area contributed by atoms with E-state index in [9.17, 15) is 39.6 Å². The van der Waals surface area contributed by atoms with E-state index in [0.29, 0.717) is 11.6 Å². The SMILES string of the molecule is COC(=O)c1ccc(C)c(NS(=O)(=O)c2cc(OCC(F)(F)F)ccc2OCC(F)(F)F)c1. The zero-order chi connectivity index (χ0) is 25.0. The molecule has 0 saturated carbocycles. The number of ether oxygens (including phenoxy) is 3. The maximum Gasteiger partial charge on any atom is 0.422 e. The first-order valence-corrected chi connectivity index (χ1v) is 10.3. The molecule has 0 amide bonds. The van der Waals surface area contributed by atoms with Crippen molar-refractivity contribution < 1.29 is 53.8 Å². The van der Waals surface area contributed by atoms with Gasteiger partial charge in [0.15, 0.2) is 13.2 Å². The predicted octanol–water partition coefficient (Wildman–Crippen LogP) is 4.46. The molecule has 182 valence electrons. The average molecular weight is 501 g/mol. The number of alkyl halides is 6. The van der Waals surface area contributed by atoms with Gasteiger partial charge in [-0.15, -0.1) is 0 Å². The molecule has 0 heterocycles. The second-order valence-corrected chi connectivity index (χ2v) is 8.19. The largest absolute Gasteiger partial charge is 0.484 e. The van der Waals surface area contributed by atoms with Crippen molar-refractivity contribution in [3.63, 3.8) is 0 Å². The molecular weight excluding hydrogens is 484 g/mol. The summed E-state index contributed by atoms with van der Waals surface area (Å²) >= 11 is 0. The molecule has 33 heavy (non-hydrogen) atoms. The van der Waals surface area contributed by atoms with E-state index in [1.807, 2.05) is 0 Å². The van der Waals surface area contributed by atoms with Gasteiger partial charge in [0.25, 0.3) is 10.0 Å². The quantitative estimate of drug-likeness (QED) is 0.424. The summed E-state index contributed by atoms with van der Waals surface area (Å²) in [6, 6.07) is 6.03. The van der Waals surface area contributed by atoms with Crippen molar-refractivity contribution in [3.8, 4) is 11.5 Å². The minimum Gasteiger partial charge on any atom is -0.484 e. The molecule has 0 bridgehead atoms. The van der Waals surface area contributed by atoms with Gasteiger partial charge in [0.1, 0.15) is 16.4 Å². The second kappa shape index (κ2) is 9.77. The number of nitrogens with one attached hydrogen (secondary N) is 1. The van der Waals surface area contributed by atoms with Crippen LogP contribution in [-0.2, 0) is 14.8 Å². The Morgan fingerprint density at radius 2 is 1.55 bits per heavy atom. The van der Waals surface area contributed by atoms with Crippen LogP contribution in [0.3, 0.4) is 0 Å². The summed E-state index contributed by atoms with van der Waals surface area (Å²) < 4.78 is 117. The summed E-state index contributed by atoms with van der Waals surface area (Å²) in [4.78, 5) is 10.8. The molecular formula is C19H17F6NO6S. The highest BCUT2D eigenvalue weighted by atomic mass is 32.2. The van der Waals surface area contributed by atoms with Gasteiger partial charge in [0.2, 0.25) is 0 Å². The van der Waals surface area contributed by atoms with Crippen LogP contribution in [0, 0.1) is 6.92 Å². The number of esters is 1. The van der Waals surface area contributed by atoms with Crippen molar-refractivity contribution in [1.29, 1.82) is 0 Å². The number of carbonyl (C=O) groups is 1. The van der Waals surface area contributed by atoms with Crippen molar-refractivity contribution >= 4 is 21.7 Å². The van der Waals surface area contributed by atoms with E-state index in [4.69, 9.17) is 0 Å². The first-order valence-electron chi connectivity index (χ1n) is 8.86. The van der Waals surface area contributed by atoms with E-state index in [2.05, 4.69) is 18.9 Å². The van der Waals surface area contributed by atoms with Crippen molar-refractivity contribution in [2.45, 2.75) is 24.2 Å². The average Bonchev–Trinajstić information content (AvgIpc) is 2.70. The van der Waals surface area contributed by atoms with Crippen LogP contribution in [0.5, 0.6) is 11.5 Å². The van der Waals surface area contributed by atoms with Gasteiger partial charge < -0.3 is 14.2 Å². The fourth-order valence-corrected chi connectivity index (χ4v) is 3.69. The zero-order valence-electron chi connectivity index (χ0n) is 17.0.